The fourth-order valence-electron chi connectivity index (χ4n) is 2.35. The quantitative estimate of drug-likeness (QED) is 0.672. The van der Waals surface area contributed by atoms with E-state index in [1.54, 1.807) is 45.6 Å². The number of oxazole rings is 1. The average molecular weight is 346 g/mol. The summed E-state index contributed by atoms with van der Waals surface area (Å²) in [5.74, 6) is 2.20. The van der Waals surface area contributed by atoms with Gasteiger partial charge in [-0.25, -0.2) is 4.98 Å². The minimum atomic E-state index is 0.487. The van der Waals surface area contributed by atoms with Crippen molar-refractivity contribution < 1.29 is 18.6 Å². The Hall–Kier alpha value is -2.66. The van der Waals surface area contributed by atoms with Crippen LogP contribution >= 0.6 is 11.6 Å². The van der Waals surface area contributed by atoms with Gasteiger partial charge in [-0.2, -0.15) is 0 Å². The molecule has 0 aliphatic rings. The van der Waals surface area contributed by atoms with E-state index in [-0.39, 0.29) is 0 Å². The summed E-state index contributed by atoms with van der Waals surface area (Å²) in [6, 6.07) is 9.01. The Morgan fingerprint density at radius 3 is 2.29 bits per heavy atom. The van der Waals surface area contributed by atoms with Gasteiger partial charge in [-0.3, -0.25) is 0 Å². The molecule has 0 N–H and O–H groups in total. The molecule has 3 aromatic rings. The van der Waals surface area contributed by atoms with E-state index in [0.29, 0.717) is 39.3 Å². The number of rotatable bonds is 5. The maximum atomic E-state index is 5.96. The van der Waals surface area contributed by atoms with Crippen molar-refractivity contribution in [1.82, 2.24) is 4.98 Å². The van der Waals surface area contributed by atoms with Gasteiger partial charge in [0.1, 0.15) is 5.52 Å². The largest absolute Gasteiger partial charge is 0.493 e. The van der Waals surface area contributed by atoms with E-state index in [4.69, 9.17) is 30.2 Å². The minimum absolute atomic E-state index is 0.487. The zero-order valence-electron chi connectivity index (χ0n) is 13.5. The lowest BCUT2D eigenvalue weighted by Gasteiger charge is -2.12. The number of nitrogens with zero attached hydrogens (tertiary/aromatic N) is 1. The molecule has 1 heterocycles. The Kier molecular flexibility index (Phi) is 4.62. The molecule has 0 atom stereocenters. The highest BCUT2D eigenvalue weighted by molar-refractivity contribution is 6.31. The van der Waals surface area contributed by atoms with E-state index in [1.807, 2.05) is 18.2 Å². The van der Waals surface area contributed by atoms with Crippen molar-refractivity contribution in [2.24, 2.45) is 0 Å². The van der Waals surface area contributed by atoms with Gasteiger partial charge in [-0.15, -0.1) is 0 Å². The van der Waals surface area contributed by atoms with Crippen LogP contribution in [0.4, 0.5) is 0 Å². The summed E-state index contributed by atoms with van der Waals surface area (Å²) in [7, 11) is 4.73. The highest BCUT2D eigenvalue weighted by Crippen LogP contribution is 2.38. The highest BCUT2D eigenvalue weighted by atomic mass is 35.5. The fourth-order valence-corrected chi connectivity index (χ4v) is 2.52. The number of hydrogen-bond donors (Lipinski definition) is 0. The molecule has 0 aliphatic heterocycles. The SMILES string of the molecule is COc1cc(C=Cc2nc3cc(Cl)ccc3o2)cc(OC)c1OC. The number of ether oxygens (including phenoxy) is 3. The van der Waals surface area contributed by atoms with Gasteiger partial charge in [0.05, 0.1) is 21.3 Å². The lowest BCUT2D eigenvalue weighted by molar-refractivity contribution is 0.324. The predicted molar refractivity (Wildman–Crippen MR) is 94.0 cm³/mol. The monoisotopic (exact) mass is 345 g/mol. The van der Waals surface area contributed by atoms with E-state index in [2.05, 4.69) is 4.98 Å². The molecular weight excluding hydrogens is 330 g/mol. The highest BCUT2D eigenvalue weighted by Gasteiger charge is 2.12. The third-order valence-electron chi connectivity index (χ3n) is 3.47. The summed E-state index contributed by atoms with van der Waals surface area (Å²) >= 11 is 5.96. The van der Waals surface area contributed by atoms with Gasteiger partial charge in [0.15, 0.2) is 17.1 Å². The van der Waals surface area contributed by atoms with Crippen molar-refractivity contribution in [1.29, 1.82) is 0 Å². The first-order valence-electron chi connectivity index (χ1n) is 7.18. The summed E-state index contributed by atoms with van der Waals surface area (Å²) < 4.78 is 21.6. The molecule has 0 radical (unpaired) electrons. The van der Waals surface area contributed by atoms with Gasteiger partial charge >= 0.3 is 0 Å². The number of fused-ring (bicyclic) bond motifs is 1. The maximum absolute atomic E-state index is 5.96. The van der Waals surface area contributed by atoms with Crippen molar-refractivity contribution in [2.75, 3.05) is 21.3 Å². The predicted octanol–water partition coefficient (Wildman–Crippen LogP) is 4.68. The molecular formula is C18H16ClNO4. The minimum Gasteiger partial charge on any atom is -0.493 e. The molecule has 2 aromatic carbocycles. The van der Waals surface area contributed by atoms with Crippen LogP contribution in [0.5, 0.6) is 17.2 Å². The van der Waals surface area contributed by atoms with E-state index in [0.717, 1.165) is 5.56 Å². The molecule has 6 heteroatoms. The molecule has 0 aliphatic carbocycles. The van der Waals surface area contributed by atoms with Crippen LogP contribution in [0.25, 0.3) is 23.3 Å². The second-order valence-corrected chi connectivity index (χ2v) is 5.39. The molecule has 5 nitrogen and oxygen atoms in total. The summed E-state index contributed by atoms with van der Waals surface area (Å²) in [6.45, 7) is 0. The second kappa shape index (κ2) is 6.84. The Balaban J connectivity index is 1.95. The van der Waals surface area contributed by atoms with Crippen LogP contribution in [0.1, 0.15) is 11.5 Å². The van der Waals surface area contributed by atoms with Gasteiger partial charge in [-0.05, 0) is 42.0 Å². The third-order valence-corrected chi connectivity index (χ3v) is 3.71. The van der Waals surface area contributed by atoms with Gasteiger partial charge in [0, 0.05) is 11.1 Å². The average Bonchev–Trinajstić information content (AvgIpc) is 3.00. The smallest absolute Gasteiger partial charge is 0.220 e. The summed E-state index contributed by atoms with van der Waals surface area (Å²) in [6.07, 6.45) is 3.63. The fraction of sp³-hybridized carbons (Fsp3) is 0.167. The molecule has 1 aromatic heterocycles. The molecule has 0 bridgehead atoms. The molecule has 0 saturated carbocycles. The standard InChI is InChI=1S/C18H16ClNO4/c1-21-15-8-11(9-16(22-2)18(15)23-3)4-7-17-20-13-10-12(19)5-6-14(13)24-17/h4-10H,1-3H3. The van der Waals surface area contributed by atoms with Crippen LogP contribution in [0.15, 0.2) is 34.7 Å². The van der Waals surface area contributed by atoms with E-state index >= 15 is 0 Å². The van der Waals surface area contributed by atoms with Crippen molar-refractivity contribution in [3.63, 3.8) is 0 Å². The van der Waals surface area contributed by atoms with Gasteiger partial charge < -0.3 is 18.6 Å². The van der Waals surface area contributed by atoms with Crippen LogP contribution in [-0.4, -0.2) is 26.3 Å². The summed E-state index contributed by atoms with van der Waals surface area (Å²) in [5.41, 5.74) is 2.26. The molecule has 0 amide bonds. The number of aromatic nitrogens is 1. The molecule has 24 heavy (non-hydrogen) atoms. The molecule has 124 valence electrons. The lowest BCUT2D eigenvalue weighted by Crippen LogP contribution is -1.95. The maximum Gasteiger partial charge on any atom is 0.220 e. The Morgan fingerprint density at radius 2 is 1.67 bits per heavy atom. The Bertz CT molecular complexity index is 876. The van der Waals surface area contributed by atoms with Crippen molar-refractivity contribution >= 4 is 34.9 Å². The zero-order chi connectivity index (χ0) is 17.1. The topological polar surface area (TPSA) is 53.7 Å². The number of methoxy groups -OCH3 is 3. The number of halogens is 1. The Morgan fingerprint density at radius 1 is 0.958 bits per heavy atom. The van der Waals surface area contributed by atoms with Crippen LogP contribution in [0.2, 0.25) is 5.02 Å². The van der Waals surface area contributed by atoms with E-state index < -0.39 is 0 Å². The Labute approximate surface area is 144 Å². The number of hydrogen-bond acceptors (Lipinski definition) is 5. The second-order valence-electron chi connectivity index (χ2n) is 4.96. The summed E-state index contributed by atoms with van der Waals surface area (Å²) in [5, 5.41) is 0.621. The van der Waals surface area contributed by atoms with Gasteiger partial charge in [-0.1, -0.05) is 11.6 Å². The normalized spacial score (nSPS) is 11.2. The lowest BCUT2D eigenvalue weighted by atomic mass is 10.1. The molecule has 0 fully saturated rings. The molecule has 0 unspecified atom stereocenters. The first kappa shape index (κ1) is 16.2. The first-order chi connectivity index (χ1) is 11.6. The third kappa shape index (κ3) is 3.16. The van der Waals surface area contributed by atoms with Crippen molar-refractivity contribution in [3.8, 4) is 17.2 Å². The van der Waals surface area contributed by atoms with E-state index in [1.165, 1.54) is 0 Å². The first-order valence-corrected chi connectivity index (χ1v) is 7.56. The van der Waals surface area contributed by atoms with Crippen molar-refractivity contribution in [3.05, 3.63) is 46.8 Å². The van der Waals surface area contributed by atoms with Crippen LogP contribution < -0.4 is 14.2 Å². The van der Waals surface area contributed by atoms with Crippen molar-refractivity contribution in [2.45, 2.75) is 0 Å². The molecule has 0 spiro atoms. The zero-order valence-corrected chi connectivity index (χ0v) is 14.3. The molecule has 0 saturated heterocycles. The summed E-state index contributed by atoms with van der Waals surface area (Å²) in [4.78, 5) is 4.38. The molecule has 3 rings (SSSR count). The van der Waals surface area contributed by atoms with Crippen LogP contribution in [0, 0.1) is 0 Å². The van der Waals surface area contributed by atoms with Crippen LogP contribution in [-0.2, 0) is 0 Å². The van der Waals surface area contributed by atoms with E-state index in [9.17, 15) is 0 Å². The van der Waals surface area contributed by atoms with Gasteiger partial charge in [0.25, 0.3) is 0 Å². The number of benzene rings is 2. The van der Waals surface area contributed by atoms with Crippen LogP contribution in [0.3, 0.4) is 0 Å². The van der Waals surface area contributed by atoms with Gasteiger partial charge in [0.2, 0.25) is 11.6 Å².